The Hall–Kier alpha value is -0.830. The van der Waals surface area contributed by atoms with Gasteiger partial charge in [0.1, 0.15) is 0 Å². The average Bonchev–Trinajstić information content (AvgIpc) is 2.39. The highest BCUT2D eigenvalue weighted by Gasteiger charge is 2.25. The molecule has 1 aliphatic rings. The van der Waals surface area contributed by atoms with Crippen LogP contribution in [0.1, 0.15) is 43.0 Å². The van der Waals surface area contributed by atoms with Gasteiger partial charge in [-0.25, -0.2) is 0 Å². The van der Waals surface area contributed by atoms with E-state index in [4.69, 9.17) is 0 Å². The molecule has 1 aromatic carbocycles. The normalized spacial score (nSPS) is 20.4. The maximum atomic E-state index is 12.4. The Bertz CT molecular complexity index is 388. The van der Waals surface area contributed by atoms with Crippen molar-refractivity contribution in [2.45, 2.75) is 38.6 Å². The van der Waals surface area contributed by atoms with Crippen LogP contribution in [0, 0.1) is 0 Å². The fraction of sp³-hybridized carbons (Fsp3) is 0.500. The zero-order chi connectivity index (χ0) is 12.3. The molecule has 0 radical (unpaired) electrons. The van der Waals surface area contributed by atoms with Crippen LogP contribution in [0.15, 0.2) is 28.7 Å². The number of hydrogen-bond acceptors (Lipinski definition) is 1. The zero-order valence-electron chi connectivity index (χ0n) is 10.2. The quantitative estimate of drug-likeness (QED) is 0.811. The molecule has 3 heteroatoms. The van der Waals surface area contributed by atoms with Crippen LogP contribution in [-0.2, 0) is 0 Å². The Morgan fingerprint density at radius 3 is 2.71 bits per heavy atom. The lowest BCUT2D eigenvalue weighted by atomic mass is 9.99. The fourth-order valence-electron chi connectivity index (χ4n) is 2.45. The van der Waals surface area contributed by atoms with Crippen molar-refractivity contribution in [1.82, 2.24) is 4.90 Å². The van der Waals surface area contributed by atoms with E-state index in [9.17, 15) is 4.79 Å². The van der Waals surface area contributed by atoms with Gasteiger partial charge in [0, 0.05) is 22.6 Å². The summed E-state index contributed by atoms with van der Waals surface area (Å²) in [5.41, 5.74) is 0.800. The van der Waals surface area contributed by atoms with Crippen LogP contribution in [-0.4, -0.2) is 23.4 Å². The Labute approximate surface area is 111 Å². The van der Waals surface area contributed by atoms with Gasteiger partial charge in [-0.15, -0.1) is 0 Å². The number of rotatable bonds is 2. The number of amides is 1. The number of piperidine rings is 1. The monoisotopic (exact) mass is 295 g/mol. The summed E-state index contributed by atoms with van der Waals surface area (Å²) in [5.74, 6) is 0.184. The molecule has 1 unspecified atom stereocenters. The first kappa shape index (κ1) is 12.6. The van der Waals surface area contributed by atoms with Gasteiger partial charge < -0.3 is 4.90 Å². The van der Waals surface area contributed by atoms with Crippen molar-refractivity contribution in [3.63, 3.8) is 0 Å². The molecule has 1 aromatic rings. The summed E-state index contributed by atoms with van der Waals surface area (Å²) in [6.07, 6.45) is 4.60. The highest BCUT2D eigenvalue weighted by molar-refractivity contribution is 9.10. The van der Waals surface area contributed by atoms with Crippen molar-refractivity contribution in [3.8, 4) is 0 Å². The summed E-state index contributed by atoms with van der Waals surface area (Å²) in [4.78, 5) is 14.4. The number of halogens is 1. The van der Waals surface area contributed by atoms with Gasteiger partial charge in [-0.05, 0) is 49.9 Å². The number of carbonyl (C=O) groups excluding carboxylic acids is 1. The second-order valence-corrected chi connectivity index (χ2v) is 5.48. The van der Waals surface area contributed by atoms with E-state index in [-0.39, 0.29) is 5.91 Å². The molecule has 1 heterocycles. The molecule has 0 aliphatic carbocycles. The second kappa shape index (κ2) is 5.67. The van der Waals surface area contributed by atoms with Crippen LogP contribution in [0.5, 0.6) is 0 Å². The van der Waals surface area contributed by atoms with Gasteiger partial charge in [-0.2, -0.15) is 0 Å². The number of carbonyl (C=O) groups is 1. The average molecular weight is 296 g/mol. The lowest BCUT2D eigenvalue weighted by Gasteiger charge is -2.35. The van der Waals surface area contributed by atoms with Gasteiger partial charge in [0.15, 0.2) is 0 Å². The Kier molecular flexibility index (Phi) is 4.21. The molecule has 0 saturated carbocycles. The first-order valence-electron chi connectivity index (χ1n) is 6.29. The van der Waals surface area contributed by atoms with E-state index in [0.29, 0.717) is 6.04 Å². The fourth-order valence-corrected chi connectivity index (χ4v) is 2.72. The molecule has 0 N–H and O–H groups in total. The molecular formula is C14H18BrNO. The van der Waals surface area contributed by atoms with Gasteiger partial charge in [-0.1, -0.05) is 22.9 Å². The molecule has 1 amide bonds. The summed E-state index contributed by atoms with van der Waals surface area (Å²) in [6.45, 7) is 3.07. The molecule has 1 saturated heterocycles. The molecule has 17 heavy (non-hydrogen) atoms. The lowest BCUT2D eigenvalue weighted by molar-refractivity contribution is 0.0608. The molecule has 2 nitrogen and oxygen atoms in total. The molecule has 1 atom stereocenters. The number of nitrogens with zero attached hydrogens (tertiary/aromatic N) is 1. The van der Waals surface area contributed by atoms with Crippen molar-refractivity contribution in [1.29, 1.82) is 0 Å². The van der Waals surface area contributed by atoms with Gasteiger partial charge in [-0.3, -0.25) is 4.79 Å². The number of hydrogen-bond donors (Lipinski definition) is 0. The molecule has 1 aliphatic heterocycles. The van der Waals surface area contributed by atoms with E-state index in [0.717, 1.165) is 35.8 Å². The summed E-state index contributed by atoms with van der Waals surface area (Å²) in [7, 11) is 0. The van der Waals surface area contributed by atoms with Gasteiger partial charge >= 0.3 is 0 Å². The van der Waals surface area contributed by atoms with Gasteiger partial charge in [0.2, 0.25) is 0 Å². The summed E-state index contributed by atoms with van der Waals surface area (Å²) < 4.78 is 1.01. The molecule has 92 valence electrons. The minimum Gasteiger partial charge on any atom is -0.336 e. The zero-order valence-corrected chi connectivity index (χ0v) is 11.7. The highest BCUT2D eigenvalue weighted by atomic mass is 79.9. The smallest absolute Gasteiger partial charge is 0.254 e. The first-order valence-corrected chi connectivity index (χ1v) is 7.08. The third kappa shape index (κ3) is 2.89. The Balaban J connectivity index is 2.15. The van der Waals surface area contributed by atoms with Crippen LogP contribution >= 0.6 is 15.9 Å². The van der Waals surface area contributed by atoms with Crippen LogP contribution in [0.3, 0.4) is 0 Å². The highest BCUT2D eigenvalue weighted by Crippen LogP contribution is 2.22. The molecule has 0 bridgehead atoms. The van der Waals surface area contributed by atoms with Crippen molar-refractivity contribution >= 4 is 21.8 Å². The lowest BCUT2D eigenvalue weighted by Crippen LogP contribution is -2.43. The van der Waals surface area contributed by atoms with E-state index in [1.165, 1.54) is 6.42 Å². The first-order chi connectivity index (χ1) is 8.22. The number of benzene rings is 1. The SMILES string of the molecule is CCC1CCCCN1C(=O)c1ccc(Br)cc1. The van der Waals surface area contributed by atoms with Crippen LogP contribution in [0.4, 0.5) is 0 Å². The van der Waals surface area contributed by atoms with Crippen LogP contribution in [0.2, 0.25) is 0 Å². The van der Waals surface area contributed by atoms with Crippen molar-refractivity contribution in [3.05, 3.63) is 34.3 Å². The third-order valence-electron chi connectivity index (χ3n) is 3.45. The summed E-state index contributed by atoms with van der Waals surface area (Å²) >= 11 is 3.39. The van der Waals surface area contributed by atoms with Crippen LogP contribution in [0.25, 0.3) is 0 Å². The number of likely N-dealkylation sites (tertiary alicyclic amines) is 1. The minimum absolute atomic E-state index is 0.184. The Morgan fingerprint density at radius 2 is 2.06 bits per heavy atom. The van der Waals surface area contributed by atoms with E-state index >= 15 is 0 Å². The predicted molar refractivity (Wildman–Crippen MR) is 73.1 cm³/mol. The van der Waals surface area contributed by atoms with E-state index in [1.807, 2.05) is 29.2 Å². The van der Waals surface area contributed by atoms with Crippen LogP contribution < -0.4 is 0 Å². The molecular weight excluding hydrogens is 278 g/mol. The molecule has 0 spiro atoms. The van der Waals surface area contributed by atoms with Crippen molar-refractivity contribution in [2.24, 2.45) is 0 Å². The molecule has 2 rings (SSSR count). The second-order valence-electron chi connectivity index (χ2n) is 4.56. The minimum atomic E-state index is 0.184. The molecule has 1 fully saturated rings. The molecule has 0 aromatic heterocycles. The maximum absolute atomic E-state index is 12.4. The van der Waals surface area contributed by atoms with Gasteiger partial charge in [0.25, 0.3) is 5.91 Å². The standard InChI is InChI=1S/C14H18BrNO/c1-2-13-5-3-4-10-16(13)14(17)11-6-8-12(15)9-7-11/h6-9,13H,2-5,10H2,1H3. The van der Waals surface area contributed by atoms with Gasteiger partial charge in [0.05, 0.1) is 0 Å². The largest absolute Gasteiger partial charge is 0.336 e. The maximum Gasteiger partial charge on any atom is 0.254 e. The van der Waals surface area contributed by atoms with E-state index < -0.39 is 0 Å². The topological polar surface area (TPSA) is 20.3 Å². The summed E-state index contributed by atoms with van der Waals surface area (Å²) in [6, 6.07) is 8.08. The summed E-state index contributed by atoms with van der Waals surface area (Å²) in [5, 5.41) is 0. The Morgan fingerprint density at radius 1 is 1.35 bits per heavy atom. The predicted octanol–water partition coefficient (Wildman–Crippen LogP) is 3.85. The van der Waals surface area contributed by atoms with E-state index in [1.54, 1.807) is 0 Å². The van der Waals surface area contributed by atoms with E-state index in [2.05, 4.69) is 22.9 Å². The third-order valence-corrected chi connectivity index (χ3v) is 3.98. The van der Waals surface area contributed by atoms with Crippen molar-refractivity contribution in [2.75, 3.05) is 6.54 Å². The van der Waals surface area contributed by atoms with Crippen molar-refractivity contribution < 1.29 is 4.79 Å².